The van der Waals surface area contributed by atoms with E-state index in [1.165, 1.54) is 7.11 Å². The van der Waals surface area contributed by atoms with Gasteiger partial charge in [-0.25, -0.2) is 0 Å². The van der Waals surface area contributed by atoms with Crippen LogP contribution in [0.25, 0.3) is 0 Å². The number of alkyl halides is 3. The molecule has 0 saturated heterocycles. The van der Waals surface area contributed by atoms with Crippen LogP contribution in [-0.2, 0) is 9.47 Å². The summed E-state index contributed by atoms with van der Waals surface area (Å²) in [5.41, 5.74) is 0. The van der Waals surface area contributed by atoms with Crippen LogP contribution in [0.3, 0.4) is 0 Å². The standard InChI is InChI=1S/C6H12F3NO2/c1-11-4-2-10-3-5-12-6(7,8)9/h10H,2-5H2,1H3. The topological polar surface area (TPSA) is 30.5 Å². The van der Waals surface area contributed by atoms with Crippen molar-refractivity contribution in [2.24, 2.45) is 0 Å². The Morgan fingerprint density at radius 3 is 2.25 bits per heavy atom. The van der Waals surface area contributed by atoms with Gasteiger partial charge in [0.25, 0.3) is 0 Å². The minimum Gasteiger partial charge on any atom is -0.383 e. The highest BCUT2D eigenvalue weighted by molar-refractivity contribution is 4.44. The van der Waals surface area contributed by atoms with Crippen molar-refractivity contribution in [3.8, 4) is 0 Å². The van der Waals surface area contributed by atoms with Gasteiger partial charge in [-0.15, -0.1) is 13.2 Å². The second kappa shape index (κ2) is 6.22. The van der Waals surface area contributed by atoms with Gasteiger partial charge in [0.15, 0.2) is 0 Å². The number of methoxy groups -OCH3 is 1. The molecule has 0 aliphatic heterocycles. The fourth-order valence-corrected chi connectivity index (χ4v) is 0.538. The Morgan fingerprint density at radius 2 is 1.75 bits per heavy atom. The lowest BCUT2D eigenvalue weighted by Gasteiger charge is -2.07. The first kappa shape index (κ1) is 11.7. The first-order chi connectivity index (χ1) is 5.56. The Hall–Kier alpha value is -0.330. The minimum absolute atomic E-state index is 0.170. The van der Waals surface area contributed by atoms with E-state index in [0.717, 1.165) is 0 Å². The predicted octanol–water partition coefficient (Wildman–Crippen LogP) is 0.759. The summed E-state index contributed by atoms with van der Waals surface area (Å²) < 4.78 is 42.2. The molecule has 0 unspecified atom stereocenters. The Balaban J connectivity index is 3.01. The summed E-state index contributed by atoms with van der Waals surface area (Å²) in [5.74, 6) is 0. The van der Waals surface area contributed by atoms with Crippen LogP contribution in [-0.4, -0.2) is 39.8 Å². The normalized spacial score (nSPS) is 12.0. The van der Waals surface area contributed by atoms with Gasteiger partial charge in [-0.1, -0.05) is 0 Å². The Morgan fingerprint density at radius 1 is 1.17 bits per heavy atom. The van der Waals surface area contributed by atoms with Gasteiger partial charge in [-0.3, -0.25) is 4.74 Å². The maximum absolute atomic E-state index is 11.4. The fraction of sp³-hybridized carbons (Fsp3) is 1.00. The monoisotopic (exact) mass is 187 g/mol. The van der Waals surface area contributed by atoms with Crippen molar-refractivity contribution < 1.29 is 22.6 Å². The van der Waals surface area contributed by atoms with Crippen LogP contribution in [0, 0.1) is 0 Å². The number of rotatable bonds is 6. The molecular weight excluding hydrogens is 175 g/mol. The van der Waals surface area contributed by atoms with E-state index >= 15 is 0 Å². The number of ether oxygens (including phenoxy) is 2. The summed E-state index contributed by atoms with van der Waals surface area (Å²) in [5, 5.41) is 2.71. The zero-order chi connectivity index (χ0) is 9.45. The molecule has 1 N–H and O–H groups in total. The van der Waals surface area contributed by atoms with Crippen molar-refractivity contribution in [2.45, 2.75) is 6.36 Å². The van der Waals surface area contributed by atoms with Crippen molar-refractivity contribution >= 4 is 0 Å². The van der Waals surface area contributed by atoms with Crippen LogP contribution in [0.5, 0.6) is 0 Å². The van der Waals surface area contributed by atoms with Crippen molar-refractivity contribution in [2.75, 3.05) is 33.4 Å². The van der Waals surface area contributed by atoms with E-state index in [-0.39, 0.29) is 13.2 Å². The smallest absolute Gasteiger partial charge is 0.383 e. The molecule has 12 heavy (non-hydrogen) atoms. The molecule has 0 aromatic rings. The lowest BCUT2D eigenvalue weighted by atomic mass is 10.6. The zero-order valence-electron chi connectivity index (χ0n) is 6.78. The second-order valence-corrected chi connectivity index (χ2v) is 2.04. The molecule has 6 heteroatoms. The number of hydrogen-bond donors (Lipinski definition) is 1. The maximum Gasteiger partial charge on any atom is 0.522 e. The number of hydrogen-bond acceptors (Lipinski definition) is 3. The maximum atomic E-state index is 11.4. The highest BCUT2D eigenvalue weighted by atomic mass is 19.4. The van der Waals surface area contributed by atoms with Crippen LogP contribution in [0.2, 0.25) is 0 Å². The third-order valence-corrected chi connectivity index (χ3v) is 1.03. The molecule has 0 aliphatic carbocycles. The van der Waals surface area contributed by atoms with Crippen LogP contribution >= 0.6 is 0 Å². The van der Waals surface area contributed by atoms with Gasteiger partial charge >= 0.3 is 6.36 Å². The fourth-order valence-electron chi connectivity index (χ4n) is 0.538. The molecule has 0 radical (unpaired) electrons. The molecule has 0 rings (SSSR count). The van der Waals surface area contributed by atoms with E-state index in [1.807, 2.05) is 0 Å². The average Bonchev–Trinajstić information content (AvgIpc) is 1.94. The molecule has 0 amide bonds. The zero-order valence-corrected chi connectivity index (χ0v) is 6.78. The summed E-state index contributed by atoms with van der Waals surface area (Å²) in [6, 6.07) is 0. The molecule has 0 aromatic heterocycles. The predicted molar refractivity (Wildman–Crippen MR) is 36.8 cm³/mol. The highest BCUT2D eigenvalue weighted by Crippen LogP contribution is 2.14. The lowest BCUT2D eigenvalue weighted by Crippen LogP contribution is -2.26. The van der Waals surface area contributed by atoms with Gasteiger partial charge < -0.3 is 10.1 Å². The van der Waals surface area contributed by atoms with Crippen molar-refractivity contribution in [3.63, 3.8) is 0 Å². The SMILES string of the molecule is COCCNCCOC(F)(F)F. The lowest BCUT2D eigenvalue weighted by molar-refractivity contribution is -0.323. The molecule has 0 spiro atoms. The average molecular weight is 187 g/mol. The van der Waals surface area contributed by atoms with E-state index < -0.39 is 6.36 Å². The molecule has 3 nitrogen and oxygen atoms in total. The van der Waals surface area contributed by atoms with E-state index in [1.54, 1.807) is 0 Å². The van der Waals surface area contributed by atoms with Gasteiger partial charge in [0.2, 0.25) is 0 Å². The second-order valence-electron chi connectivity index (χ2n) is 2.04. The molecule has 0 heterocycles. The van der Waals surface area contributed by atoms with E-state index in [2.05, 4.69) is 14.8 Å². The third kappa shape index (κ3) is 9.67. The number of nitrogens with one attached hydrogen (secondary N) is 1. The molecule has 0 atom stereocenters. The van der Waals surface area contributed by atoms with Crippen LogP contribution in [0.1, 0.15) is 0 Å². The summed E-state index contributed by atoms with van der Waals surface area (Å²) in [4.78, 5) is 0. The van der Waals surface area contributed by atoms with Crippen LogP contribution in [0.15, 0.2) is 0 Å². The Labute approximate surface area is 68.8 Å². The summed E-state index contributed by atoms with van der Waals surface area (Å²) in [6.45, 7) is 0.805. The van der Waals surface area contributed by atoms with Crippen LogP contribution in [0.4, 0.5) is 13.2 Å². The summed E-state index contributed by atoms with van der Waals surface area (Å²) in [7, 11) is 1.52. The number of halogens is 3. The highest BCUT2D eigenvalue weighted by Gasteiger charge is 2.28. The molecule has 74 valence electrons. The molecular formula is C6H12F3NO2. The van der Waals surface area contributed by atoms with Crippen molar-refractivity contribution in [3.05, 3.63) is 0 Å². The molecule has 0 aliphatic rings. The Bertz CT molecular complexity index is 107. The van der Waals surface area contributed by atoms with Gasteiger partial charge in [0.1, 0.15) is 0 Å². The molecule has 0 aromatic carbocycles. The molecule has 0 fully saturated rings. The van der Waals surface area contributed by atoms with Crippen LogP contribution < -0.4 is 5.32 Å². The minimum atomic E-state index is -4.52. The van der Waals surface area contributed by atoms with Gasteiger partial charge in [-0.05, 0) is 0 Å². The van der Waals surface area contributed by atoms with Gasteiger partial charge in [-0.2, -0.15) is 0 Å². The summed E-state index contributed by atoms with van der Waals surface area (Å²) in [6.07, 6.45) is -4.52. The van der Waals surface area contributed by atoms with Crippen molar-refractivity contribution in [1.29, 1.82) is 0 Å². The van der Waals surface area contributed by atoms with E-state index in [4.69, 9.17) is 0 Å². The first-order valence-electron chi connectivity index (χ1n) is 3.46. The molecule has 0 saturated carbocycles. The molecule has 0 bridgehead atoms. The van der Waals surface area contributed by atoms with Gasteiger partial charge in [0.05, 0.1) is 13.2 Å². The Kier molecular flexibility index (Phi) is 6.04. The van der Waals surface area contributed by atoms with E-state index in [0.29, 0.717) is 13.2 Å². The van der Waals surface area contributed by atoms with Gasteiger partial charge in [0, 0.05) is 20.2 Å². The third-order valence-electron chi connectivity index (χ3n) is 1.03. The largest absolute Gasteiger partial charge is 0.522 e. The first-order valence-corrected chi connectivity index (χ1v) is 3.46. The summed E-state index contributed by atoms with van der Waals surface area (Å²) >= 11 is 0. The quantitative estimate of drug-likeness (QED) is 0.623. The van der Waals surface area contributed by atoms with Crippen molar-refractivity contribution in [1.82, 2.24) is 5.32 Å². The van der Waals surface area contributed by atoms with E-state index in [9.17, 15) is 13.2 Å².